The molecule has 1 saturated heterocycles. The zero-order valence-electron chi connectivity index (χ0n) is 14.0. The molecule has 2 atom stereocenters. The average Bonchev–Trinajstić information content (AvgIpc) is 2.60. The van der Waals surface area contributed by atoms with Crippen molar-refractivity contribution in [1.29, 1.82) is 0 Å². The number of benzene rings is 1. The van der Waals surface area contributed by atoms with Crippen LogP contribution in [0.1, 0.15) is 31.2 Å². The Kier molecular flexibility index (Phi) is 6.34. The molecular formula is C18H25NO5. The number of aliphatic hydroxyl groups is 1. The third kappa shape index (κ3) is 4.55. The first kappa shape index (κ1) is 18.4. The minimum absolute atomic E-state index is 0.126. The van der Waals surface area contributed by atoms with E-state index < -0.39 is 17.5 Å². The summed E-state index contributed by atoms with van der Waals surface area (Å²) in [4.78, 5) is 25.2. The second-order valence-corrected chi connectivity index (χ2v) is 6.42. The number of nitrogens with zero attached hydrogens (tertiary/aromatic N) is 1. The molecule has 1 unspecified atom stereocenters. The Bertz CT molecular complexity index is 562. The predicted octanol–water partition coefficient (Wildman–Crippen LogP) is 1.67. The van der Waals surface area contributed by atoms with E-state index in [1.54, 1.807) is 0 Å². The van der Waals surface area contributed by atoms with Gasteiger partial charge in [0.15, 0.2) is 0 Å². The molecule has 0 spiro atoms. The quantitative estimate of drug-likeness (QED) is 0.582. The van der Waals surface area contributed by atoms with Crippen LogP contribution < -0.4 is 0 Å². The van der Waals surface area contributed by atoms with E-state index in [1.165, 1.54) is 5.56 Å². The van der Waals surface area contributed by atoms with Gasteiger partial charge in [0.25, 0.3) is 5.60 Å². The van der Waals surface area contributed by atoms with Gasteiger partial charge in [0.05, 0.1) is 7.11 Å². The third-order valence-corrected chi connectivity index (χ3v) is 4.64. The van der Waals surface area contributed by atoms with Crippen molar-refractivity contribution in [2.45, 2.75) is 37.8 Å². The summed E-state index contributed by atoms with van der Waals surface area (Å²) in [6, 6.07) is 10.2. The smallest absolute Gasteiger partial charge is 0.349 e. The number of aliphatic carboxylic acids is 1. The summed E-state index contributed by atoms with van der Waals surface area (Å²) in [5.74, 6) is -2.39. The number of esters is 1. The lowest BCUT2D eigenvalue weighted by Crippen LogP contribution is -2.48. The van der Waals surface area contributed by atoms with Crippen molar-refractivity contribution in [3.05, 3.63) is 35.9 Å². The molecule has 0 amide bonds. The highest BCUT2D eigenvalue weighted by atomic mass is 16.5. The Morgan fingerprint density at radius 1 is 1.33 bits per heavy atom. The van der Waals surface area contributed by atoms with Crippen LogP contribution in [0.3, 0.4) is 0 Å². The molecule has 0 saturated carbocycles. The Morgan fingerprint density at radius 3 is 2.67 bits per heavy atom. The topological polar surface area (TPSA) is 87.1 Å². The number of carboxylic acids is 1. The van der Waals surface area contributed by atoms with Crippen molar-refractivity contribution in [2.75, 3.05) is 20.2 Å². The average molecular weight is 335 g/mol. The lowest BCUT2D eigenvalue weighted by molar-refractivity contribution is -0.179. The van der Waals surface area contributed by atoms with E-state index in [4.69, 9.17) is 5.11 Å². The van der Waals surface area contributed by atoms with Crippen LogP contribution >= 0.6 is 0 Å². The molecule has 132 valence electrons. The molecule has 1 fully saturated rings. The third-order valence-electron chi connectivity index (χ3n) is 4.64. The summed E-state index contributed by atoms with van der Waals surface area (Å²) in [5, 5.41) is 19.3. The number of carboxylic acid groups (broad SMARTS) is 1. The van der Waals surface area contributed by atoms with Crippen LogP contribution in [-0.2, 0) is 20.9 Å². The Labute approximate surface area is 142 Å². The van der Waals surface area contributed by atoms with Gasteiger partial charge in [-0.3, -0.25) is 4.90 Å². The van der Waals surface area contributed by atoms with Crippen molar-refractivity contribution in [2.24, 2.45) is 5.92 Å². The van der Waals surface area contributed by atoms with Gasteiger partial charge in [-0.25, -0.2) is 9.59 Å². The fourth-order valence-electron chi connectivity index (χ4n) is 3.25. The second-order valence-electron chi connectivity index (χ2n) is 6.42. The first-order valence-electron chi connectivity index (χ1n) is 8.26. The second kappa shape index (κ2) is 8.26. The van der Waals surface area contributed by atoms with Crippen molar-refractivity contribution >= 4 is 11.9 Å². The monoisotopic (exact) mass is 335 g/mol. The van der Waals surface area contributed by atoms with Gasteiger partial charge in [0, 0.05) is 13.1 Å². The van der Waals surface area contributed by atoms with Gasteiger partial charge in [-0.05, 0) is 43.7 Å². The summed E-state index contributed by atoms with van der Waals surface area (Å²) >= 11 is 0. The largest absolute Gasteiger partial charge is 0.479 e. The van der Waals surface area contributed by atoms with Crippen LogP contribution in [0.15, 0.2) is 30.3 Å². The summed E-state index contributed by atoms with van der Waals surface area (Å²) in [6.07, 6.45) is 2.35. The van der Waals surface area contributed by atoms with E-state index >= 15 is 0 Å². The Balaban J connectivity index is 1.90. The molecule has 1 heterocycles. The lowest BCUT2D eigenvalue weighted by atomic mass is 9.87. The zero-order valence-corrected chi connectivity index (χ0v) is 14.0. The maximum absolute atomic E-state index is 11.6. The van der Waals surface area contributed by atoms with Gasteiger partial charge in [0.2, 0.25) is 0 Å². The highest BCUT2D eigenvalue weighted by Crippen LogP contribution is 2.26. The summed E-state index contributed by atoms with van der Waals surface area (Å²) in [7, 11) is 1.08. The highest BCUT2D eigenvalue weighted by Gasteiger charge is 2.45. The fourth-order valence-corrected chi connectivity index (χ4v) is 3.25. The van der Waals surface area contributed by atoms with E-state index in [0.717, 1.165) is 39.6 Å². The molecule has 1 aliphatic heterocycles. The Morgan fingerprint density at radius 2 is 2.04 bits per heavy atom. The van der Waals surface area contributed by atoms with Crippen molar-refractivity contribution in [3.63, 3.8) is 0 Å². The number of hydrogen-bond acceptors (Lipinski definition) is 5. The number of piperidine rings is 1. The first-order valence-corrected chi connectivity index (χ1v) is 8.26. The Hall–Kier alpha value is -1.92. The van der Waals surface area contributed by atoms with Gasteiger partial charge >= 0.3 is 11.9 Å². The van der Waals surface area contributed by atoms with Crippen LogP contribution in [0, 0.1) is 5.92 Å². The molecule has 0 aliphatic carbocycles. The molecule has 2 rings (SSSR count). The summed E-state index contributed by atoms with van der Waals surface area (Å²) < 4.78 is 4.44. The molecule has 0 bridgehead atoms. The fraction of sp³-hybridized carbons (Fsp3) is 0.556. The molecule has 2 N–H and O–H groups in total. The maximum atomic E-state index is 11.6. The number of ether oxygens (including phenoxy) is 1. The van der Waals surface area contributed by atoms with Gasteiger partial charge in [0.1, 0.15) is 0 Å². The molecular weight excluding hydrogens is 310 g/mol. The highest BCUT2D eigenvalue weighted by molar-refractivity contribution is 6.02. The van der Waals surface area contributed by atoms with E-state index in [1.807, 2.05) is 18.2 Å². The van der Waals surface area contributed by atoms with Crippen molar-refractivity contribution in [3.8, 4) is 0 Å². The molecule has 0 aromatic heterocycles. The van der Waals surface area contributed by atoms with Crippen LogP contribution in [0.25, 0.3) is 0 Å². The van der Waals surface area contributed by atoms with Crippen LogP contribution in [-0.4, -0.2) is 52.9 Å². The maximum Gasteiger partial charge on any atom is 0.349 e. The van der Waals surface area contributed by atoms with E-state index in [9.17, 15) is 14.7 Å². The van der Waals surface area contributed by atoms with Crippen LogP contribution in [0.4, 0.5) is 0 Å². The SMILES string of the molecule is COC(=O)[C@](O)(CCC1CCCN(Cc2ccccc2)C1)C(=O)O. The van der Waals surface area contributed by atoms with Crippen LogP contribution in [0.2, 0.25) is 0 Å². The van der Waals surface area contributed by atoms with E-state index in [0.29, 0.717) is 6.42 Å². The van der Waals surface area contributed by atoms with Gasteiger partial charge < -0.3 is 14.9 Å². The molecule has 1 aliphatic rings. The predicted molar refractivity (Wildman–Crippen MR) is 88.3 cm³/mol. The number of carbonyl (C=O) groups is 2. The molecule has 1 aromatic rings. The first-order chi connectivity index (χ1) is 11.5. The number of methoxy groups -OCH3 is 1. The zero-order chi connectivity index (χ0) is 17.6. The van der Waals surface area contributed by atoms with Gasteiger partial charge in [-0.1, -0.05) is 30.3 Å². The standard InChI is InChI=1S/C18H25NO5/c1-24-17(22)18(23,16(20)21)10-9-15-8-5-11-19(13-15)12-14-6-3-2-4-7-14/h2-4,6-7,15,23H,5,8-13H2,1H3,(H,20,21)/t15?,18-/m0/s1. The minimum atomic E-state index is -2.45. The van der Waals surface area contributed by atoms with Crippen molar-refractivity contribution < 1.29 is 24.5 Å². The number of rotatable bonds is 7. The van der Waals surface area contributed by atoms with Gasteiger partial charge in [-0.2, -0.15) is 0 Å². The van der Waals surface area contributed by atoms with E-state index in [-0.39, 0.29) is 12.3 Å². The molecule has 24 heavy (non-hydrogen) atoms. The lowest BCUT2D eigenvalue weighted by Gasteiger charge is -2.33. The molecule has 1 aromatic carbocycles. The number of likely N-dealkylation sites (tertiary alicyclic amines) is 1. The minimum Gasteiger partial charge on any atom is -0.479 e. The van der Waals surface area contributed by atoms with Gasteiger partial charge in [-0.15, -0.1) is 0 Å². The summed E-state index contributed by atoms with van der Waals surface area (Å²) in [5.41, 5.74) is -1.20. The molecule has 6 nitrogen and oxygen atoms in total. The van der Waals surface area contributed by atoms with Crippen LogP contribution in [0.5, 0.6) is 0 Å². The number of carbonyl (C=O) groups excluding carboxylic acids is 1. The number of hydrogen-bond donors (Lipinski definition) is 2. The molecule has 0 radical (unpaired) electrons. The molecule has 6 heteroatoms. The summed E-state index contributed by atoms with van der Waals surface area (Å²) in [6.45, 7) is 2.70. The van der Waals surface area contributed by atoms with Crippen molar-refractivity contribution in [1.82, 2.24) is 4.90 Å². The normalized spacial score (nSPS) is 21.0. The van der Waals surface area contributed by atoms with E-state index in [2.05, 4.69) is 21.8 Å².